The Hall–Kier alpha value is -2.75. The molecule has 0 amide bonds. The number of pyridine rings is 1. The predicted molar refractivity (Wildman–Crippen MR) is 79.0 cm³/mol. The zero-order valence-corrected chi connectivity index (χ0v) is 10.9. The summed E-state index contributed by atoms with van der Waals surface area (Å²) < 4.78 is 27.2. The molecule has 0 bridgehead atoms. The third-order valence-corrected chi connectivity index (χ3v) is 3.58. The van der Waals surface area contributed by atoms with Gasteiger partial charge in [0.1, 0.15) is 11.6 Å². The second-order valence-corrected chi connectivity index (χ2v) is 4.90. The van der Waals surface area contributed by atoms with Crippen LogP contribution in [0.1, 0.15) is 0 Å². The highest BCUT2D eigenvalue weighted by Crippen LogP contribution is 2.30. The summed E-state index contributed by atoms with van der Waals surface area (Å²) >= 11 is 0. The summed E-state index contributed by atoms with van der Waals surface area (Å²) in [6.07, 6.45) is 1.66. The van der Waals surface area contributed by atoms with Gasteiger partial charge >= 0.3 is 0 Å². The van der Waals surface area contributed by atoms with Crippen molar-refractivity contribution >= 4 is 21.8 Å². The first kappa shape index (κ1) is 12.0. The highest BCUT2D eigenvalue weighted by Gasteiger charge is 2.12. The Morgan fingerprint density at radius 1 is 0.952 bits per heavy atom. The van der Waals surface area contributed by atoms with Crippen LogP contribution in [0.3, 0.4) is 0 Å². The van der Waals surface area contributed by atoms with E-state index in [0.717, 1.165) is 17.0 Å². The number of hydrogen-bond donors (Lipinski definition) is 1. The van der Waals surface area contributed by atoms with Crippen LogP contribution < -0.4 is 0 Å². The second-order valence-electron chi connectivity index (χ2n) is 4.90. The zero-order chi connectivity index (χ0) is 14.4. The molecule has 1 N–H and O–H groups in total. The van der Waals surface area contributed by atoms with E-state index in [0.29, 0.717) is 22.2 Å². The Kier molecular flexibility index (Phi) is 2.51. The minimum Gasteiger partial charge on any atom is -0.358 e. The van der Waals surface area contributed by atoms with Crippen molar-refractivity contribution in [2.45, 2.75) is 0 Å². The topological polar surface area (TPSA) is 28.7 Å². The lowest BCUT2D eigenvalue weighted by Gasteiger charge is -2.02. The normalized spacial score (nSPS) is 11.3. The number of aromatic nitrogens is 2. The maximum absolute atomic E-state index is 13.7. The molecule has 0 atom stereocenters. The Morgan fingerprint density at radius 3 is 2.71 bits per heavy atom. The molecule has 4 aromatic rings. The SMILES string of the molecule is Fc1cc(F)c2[nH]cc(-c3ccc4ccccc4n3)c2c1. The quantitative estimate of drug-likeness (QED) is 0.539. The predicted octanol–water partition coefficient (Wildman–Crippen LogP) is 4.66. The molecule has 0 saturated heterocycles. The Morgan fingerprint density at radius 2 is 1.81 bits per heavy atom. The van der Waals surface area contributed by atoms with Crippen LogP contribution >= 0.6 is 0 Å². The van der Waals surface area contributed by atoms with E-state index in [9.17, 15) is 8.78 Å². The number of benzene rings is 2. The maximum atomic E-state index is 13.7. The monoisotopic (exact) mass is 280 g/mol. The summed E-state index contributed by atoms with van der Waals surface area (Å²) in [6.45, 7) is 0. The Bertz CT molecular complexity index is 973. The summed E-state index contributed by atoms with van der Waals surface area (Å²) in [4.78, 5) is 7.41. The van der Waals surface area contributed by atoms with Crippen molar-refractivity contribution < 1.29 is 8.78 Å². The van der Waals surface area contributed by atoms with E-state index in [2.05, 4.69) is 9.97 Å². The Labute approximate surface area is 119 Å². The summed E-state index contributed by atoms with van der Waals surface area (Å²) in [5.41, 5.74) is 2.52. The van der Waals surface area contributed by atoms with E-state index in [1.54, 1.807) is 6.20 Å². The van der Waals surface area contributed by atoms with Gasteiger partial charge in [-0.15, -0.1) is 0 Å². The molecule has 0 saturated carbocycles. The number of nitrogens with one attached hydrogen (secondary N) is 1. The van der Waals surface area contributed by atoms with Crippen LogP contribution in [-0.2, 0) is 0 Å². The second kappa shape index (κ2) is 4.38. The van der Waals surface area contributed by atoms with Gasteiger partial charge in [-0.05, 0) is 18.2 Å². The highest BCUT2D eigenvalue weighted by molar-refractivity contribution is 5.96. The Balaban J connectivity index is 2.00. The third-order valence-electron chi connectivity index (χ3n) is 3.58. The highest BCUT2D eigenvalue weighted by atomic mass is 19.1. The van der Waals surface area contributed by atoms with Crippen LogP contribution in [0.15, 0.2) is 54.7 Å². The summed E-state index contributed by atoms with van der Waals surface area (Å²) in [5.74, 6) is -1.20. The van der Waals surface area contributed by atoms with Gasteiger partial charge < -0.3 is 4.98 Å². The lowest BCUT2D eigenvalue weighted by Crippen LogP contribution is -1.85. The lowest BCUT2D eigenvalue weighted by atomic mass is 10.1. The molecule has 2 heterocycles. The molecule has 0 aliphatic heterocycles. The molecule has 4 rings (SSSR count). The fourth-order valence-electron chi connectivity index (χ4n) is 2.58. The van der Waals surface area contributed by atoms with E-state index in [1.165, 1.54) is 6.07 Å². The molecule has 2 aromatic carbocycles. The standard InChI is InChI=1S/C17H10F2N2/c18-11-7-12-13(9-20-17(12)14(19)8-11)16-6-5-10-3-1-2-4-15(10)21-16/h1-9,20H. The number of fused-ring (bicyclic) bond motifs is 2. The van der Waals surface area contributed by atoms with Gasteiger partial charge in [0.05, 0.1) is 16.7 Å². The van der Waals surface area contributed by atoms with Gasteiger partial charge in [-0.25, -0.2) is 13.8 Å². The third kappa shape index (κ3) is 1.88. The minimum absolute atomic E-state index is 0.293. The van der Waals surface area contributed by atoms with Crippen LogP contribution in [0.25, 0.3) is 33.1 Å². The van der Waals surface area contributed by atoms with Crippen molar-refractivity contribution in [1.29, 1.82) is 0 Å². The molecule has 0 spiro atoms. The number of rotatable bonds is 1. The molecule has 21 heavy (non-hydrogen) atoms. The van der Waals surface area contributed by atoms with Crippen molar-refractivity contribution in [3.8, 4) is 11.3 Å². The smallest absolute Gasteiger partial charge is 0.150 e. The molecule has 2 aromatic heterocycles. The molecule has 0 radical (unpaired) electrons. The van der Waals surface area contributed by atoms with E-state index in [4.69, 9.17) is 0 Å². The number of aromatic amines is 1. The average molecular weight is 280 g/mol. The van der Waals surface area contributed by atoms with Crippen molar-refractivity contribution in [2.24, 2.45) is 0 Å². The van der Waals surface area contributed by atoms with Gasteiger partial charge in [0, 0.05) is 28.6 Å². The van der Waals surface area contributed by atoms with Gasteiger partial charge in [-0.1, -0.05) is 24.3 Å². The summed E-state index contributed by atoms with van der Waals surface area (Å²) in [6, 6.07) is 13.7. The molecule has 102 valence electrons. The van der Waals surface area contributed by atoms with Gasteiger partial charge in [-0.2, -0.15) is 0 Å². The van der Waals surface area contributed by atoms with Gasteiger partial charge in [-0.3, -0.25) is 0 Å². The van der Waals surface area contributed by atoms with Crippen molar-refractivity contribution in [3.05, 3.63) is 66.4 Å². The van der Waals surface area contributed by atoms with E-state index in [1.807, 2.05) is 36.4 Å². The van der Waals surface area contributed by atoms with Gasteiger partial charge in [0.25, 0.3) is 0 Å². The minimum atomic E-state index is -0.600. The first-order chi connectivity index (χ1) is 10.2. The molecule has 2 nitrogen and oxygen atoms in total. The van der Waals surface area contributed by atoms with Crippen molar-refractivity contribution in [2.75, 3.05) is 0 Å². The summed E-state index contributed by atoms with van der Waals surface area (Å²) in [5, 5.41) is 1.52. The first-order valence-corrected chi connectivity index (χ1v) is 6.55. The number of para-hydroxylation sites is 1. The van der Waals surface area contributed by atoms with Crippen molar-refractivity contribution in [1.82, 2.24) is 9.97 Å². The first-order valence-electron chi connectivity index (χ1n) is 6.55. The maximum Gasteiger partial charge on any atom is 0.150 e. The zero-order valence-electron chi connectivity index (χ0n) is 10.9. The number of nitrogens with zero attached hydrogens (tertiary/aromatic N) is 1. The van der Waals surface area contributed by atoms with Gasteiger partial charge in [0.2, 0.25) is 0 Å². The molecule has 0 fully saturated rings. The van der Waals surface area contributed by atoms with Crippen LogP contribution in [0.5, 0.6) is 0 Å². The molecule has 0 unspecified atom stereocenters. The van der Waals surface area contributed by atoms with E-state index >= 15 is 0 Å². The van der Waals surface area contributed by atoms with Crippen molar-refractivity contribution in [3.63, 3.8) is 0 Å². The van der Waals surface area contributed by atoms with Crippen LogP contribution in [0, 0.1) is 11.6 Å². The number of hydrogen-bond acceptors (Lipinski definition) is 1. The van der Waals surface area contributed by atoms with Gasteiger partial charge in [0.15, 0.2) is 0 Å². The molecule has 4 heteroatoms. The number of H-pyrrole nitrogens is 1. The molecular formula is C17H10F2N2. The van der Waals surface area contributed by atoms with E-state index in [-0.39, 0.29) is 0 Å². The van der Waals surface area contributed by atoms with E-state index < -0.39 is 11.6 Å². The average Bonchev–Trinajstić information content (AvgIpc) is 2.91. The molecule has 0 aliphatic carbocycles. The van der Waals surface area contributed by atoms with Crippen LogP contribution in [-0.4, -0.2) is 9.97 Å². The molecule has 0 aliphatic rings. The molecular weight excluding hydrogens is 270 g/mol. The summed E-state index contributed by atoms with van der Waals surface area (Å²) in [7, 11) is 0. The largest absolute Gasteiger partial charge is 0.358 e. The fourth-order valence-corrected chi connectivity index (χ4v) is 2.58. The lowest BCUT2D eigenvalue weighted by molar-refractivity contribution is 0.591. The fraction of sp³-hybridized carbons (Fsp3) is 0. The van der Waals surface area contributed by atoms with Crippen LogP contribution in [0.4, 0.5) is 8.78 Å². The number of halogens is 2. The van der Waals surface area contributed by atoms with Crippen LogP contribution in [0.2, 0.25) is 0 Å².